The summed E-state index contributed by atoms with van der Waals surface area (Å²) in [5, 5.41) is 3.53. The third-order valence-corrected chi connectivity index (χ3v) is 5.22. The van der Waals surface area contributed by atoms with E-state index in [9.17, 15) is 18.2 Å². The number of ketones is 1. The molecule has 1 atom stereocenters. The number of benzene rings is 1. The summed E-state index contributed by atoms with van der Waals surface area (Å²) in [6.45, 7) is 1.71. The molecule has 1 saturated carbocycles. The molecular weight excluding hydrogens is 377 g/mol. The Bertz CT molecular complexity index is 934. The fraction of sp³-hybridized carbons (Fsp3) is 0.389. The van der Waals surface area contributed by atoms with Gasteiger partial charge in [-0.15, -0.1) is 0 Å². The summed E-state index contributed by atoms with van der Waals surface area (Å²) in [5.41, 5.74) is -0.107. The lowest BCUT2D eigenvalue weighted by Gasteiger charge is -2.15. The molecule has 1 aromatic carbocycles. The van der Waals surface area contributed by atoms with Crippen LogP contribution in [0.2, 0.25) is 0 Å². The largest absolute Gasteiger partial charge is 0.492 e. The second-order valence-corrected chi connectivity index (χ2v) is 7.36. The quantitative estimate of drug-likeness (QED) is 0.525. The normalized spacial score (nSPS) is 14.7. The van der Waals surface area contributed by atoms with E-state index in [1.165, 1.54) is 19.4 Å². The molecule has 144 valence electrons. The zero-order valence-electron chi connectivity index (χ0n) is 15.0. The Morgan fingerprint density at radius 1 is 1.37 bits per heavy atom. The summed E-state index contributed by atoms with van der Waals surface area (Å²) < 4.78 is 41.8. The van der Waals surface area contributed by atoms with Gasteiger partial charge in [0.05, 0.1) is 35.0 Å². The molecule has 7 nitrogen and oxygen atoms in total. The number of ether oxygens (including phenoxy) is 2. The average Bonchev–Trinajstić information content (AvgIpc) is 3.36. The average molecular weight is 395 g/mol. The van der Waals surface area contributed by atoms with Crippen LogP contribution in [-0.4, -0.2) is 41.1 Å². The van der Waals surface area contributed by atoms with Gasteiger partial charge in [0.15, 0.2) is 17.3 Å². The van der Waals surface area contributed by atoms with Gasteiger partial charge in [0.1, 0.15) is 6.26 Å². The van der Waals surface area contributed by atoms with Crippen LogP contribution in [0.25, 0.3) is 0 Å². The number of esters is 1. The van der Waals surface area contributed by atoms with Gasteiger partial charge >= 0.3 is 5.97 Å². The number of halogens is 1. The first-order valence-corrected chi connectivity index (χ1v) is 9.86. The number of hydrogen-bond acceptors (Lipinski definition) is 7. The summed E-state index contributed by atoms with van der Waals surface area (Å²) in [6.07, 6.45) is 3.93. The van der Waals surface area contributed by atoms with Gasteiger partial charge in [-0.2, -0.15) is 0 Å². The van der Waals surface area contributed by atoms with E-state index in [1.807, 2.05) is 0 Å². The van der Waals surface area contributed by atoms with Gasteiger partial charge in [-0.3, -0.25) is 9.00 Å². The van der Waals surface area contributed by atoms with Crippen molar-refractivity contribution in [3.8, 4) is 5.75 Å². The van der Waals surface area contributed by atoms with E-state index < -0.39 is 28.4 Å². The number of carbonyl (C=O) groups is 2. The second-order valence-electron chi connectivity index (χ2n) is 6.04. The molecule has 0 radical (unpaired) electrons. The smallest absolute Gasteiger partial charge is 0.361 e. The number of nitrogens with zero attached hydrogens (tertiary/aromatic N) is 1. The molecular formula is C18H18FNO6S. The molecule has 1 unspecified atom stereocenters. The molecule has 1 aromatic heterocycles. The maximum atomic E-state index is 14.8. The second kappa shape index (κ2) is 7.59. The van der Waals surface area contributed by atoms with Crippen LogP contribution >= 0.6 is 0 Å². The van der Waals surface area contributed by atoms with E-state index in [0.717, 1.165) is 19.1 Å². The van der Waals surface area contributed by atoms with E-state index in [-0.39, 0.29) is 40.0 Å². The third kappa shape index (κ3) is 3.51. The fourth-order valence-electron chi connectivity index (χ4n) is 2.85. The van der Waals surface area contributed by atoms with Crippen LogP contribution in [0.15, 0.2) is 21.7 Å². The van der Waals surface area contributed by atoms with Crippen molar-refractivity contribution in [1.29, 1.82) is 0 Å². The molecule has 2 aromatic rings. The molecule has 1 heterocycles. The highest BCUT2D eigenvalue weighted by Gasteiger charge is 2.34. The van der Waals surface area contributed by atoms with Crippen LogP contribution in [0.5, 0.6) is 5.75 Å². The van der Waals surface area contributed by atoms with Crippen LogP contribution in [0.1, 0.15) is 57.7 Å². The minimum Gasteiger partial charge on any atom is -0.492 e. The Kier molecular flexibility index (Phi) is 5.41. The Labute approximate surface area is 157 Å². The van der Waals surface area contributed by atoms with Crippen molar-refractivity contribution in [3.63, 3.8) is 0 Å². The van der Waals surface area contributed by atoms with Crippen molar-refractivity contribution in [2.24, 2.45) is 0 Å². The Morgan fingerprint density at radius 2 is 2.07 bits per heavy atom. The van der Waals surface area contributed by atoms with E-state index in [0.29, 0.717) is 5.56 Å². The van der Waals surface area contributed by atoms with Crippen molar-refractivity contribution in [1.82, 2.24) is 5.16 Å². The van der Waals surface area contributed by atoms with E-state index in [2.05, 4.69) is 5.16 Å². The van der Waals surface area contributed by atoms with Gasteiger partial charge in [0, 0.05) is 11.8 Å². The first-order chi connectivity index (χ1) is 12.9. The first-order valence-electron chi connectivity index (χ1n) is 8.30. The zero-order valence-corrected chi connectivity index (χ0v) is 15.9. The third-order valence-electron chi connectivity index (χ3n) is 4.24. The number of aromatic nitrogens is 1. The first kappa shape index (κ1) is 19.2. The van der Waals surface area contributed by atoms with E-state index >= 15 is 0 Å². The molecule has 0 N–H and O–H groups in total. The van der Waals surface area contributed by atoms with Crippen LogP contribution in [-0.2, 0) is 15.5 Å². The topological polar surface area (TPSA) is 95.7 Å². The number of carbonyl (C=O) groups excluding carboxylic acids is 2. The molecule has 0 aliphatic heterocycles. The van der Waals surface area contributed by atoms with Gasteiger partial charge in [0.25, 0.3) is 0 Å². The predicted octanol–water partition coefficient (Wildman–Crippen LogP) is 2.84. The molecule has 1 aliphatic carbocycles. The summed E-state index contributed by atoms with van der Waals surface area (Å²) in [6, 6.07) is 1.39. The lowest BCUT2D eigenvalue weighted by molar-refractivity contribution is 0.0512. The van der Waals surface area contributed by atoms with Gasteiger partial charge in [0.2, 0.25) is 5.69 Å². The lowest BCUT2D eigenvalue weighted by atomic mass is 9.98. The molecule has 1 aliphatic rings. The van der Waals surface area contributed by atoms with Crippen LogP contribution in [0.3, 0.4) is 0 Å². The molecule has 0 saturated heterocycles. The minimum absolute atomic E-state index is 0.00951. The van der Waals surface area contributed by atoms with Crippen molar-refractivity contribution in [3.05, 3.63) is 40.5 Å². The fourth-order valence-corrected chi connectivity index (χ4v) is 3.75. The monoisotopic (exact) mass is 395 g/mol. The van der Waals surface area contributed by atoms with E-state index in [4.69, 9.17) is 14.0 Å². The number of methoxy groups -OCH3 is 1. The summed E-state index contributed by atoms with van der Waals surface area (Å²) in [4.78, 5) is 25.0. The van der Waals surface area contributed by atoms with Crippen LogP contribution in [0.4, 0.5) is 4.39 Å². The van der Waals surface area contributed by atoms with Crippen molar-refractivity contribution in [2.75, 3.05) is 20.0 Å². The van der Waals surface area contributed by atoms with Crippen molar-refractivity contribution >= 4 is 22.6 Å². The van der Waals surface area contributed by atoms with Gasteiger partial charge in [-0.1, -0.05) is 5.16 Å². The molecule has 0 spiro atoms. The number of rotatable bonds is 7. The highest BCUT2D eigenvalue weighted by molar-refractivity contribution is 7.84. The predicted molar refractivity (Wildman–Crippen MR) is 93.2 cm³/mol. The Balaban J connectivity index is 2.18. The lowest BCUT2D eigenvalue weighted by Crippen LogP contribution is -2.15. The molecule has 1 fully saturated rings. The van der Waals surface area contributed by atoms with E-state index in [1.54, 1.807) is 6.92 Å². The zero-order chi connectivity index (χ0) is 19.7. The molecule has 3 rings (SSSR count). The van der Waals surface area contributed by atoms with Crippen molar-refractivity contribution in [2.45, 2.75) is 30.6 Å². The van der Waals surface area contributed by atoms with Gasteiger partial charge in [-0.25, -0.2) is 9.18 Å². The SMILES string of the molecule is CCOC(=O)c1nocc1C(=O)c1cc(C2CC2)c(F)c(OC)c1S(C)=O. The van der Waals surface area contributed by atoms with Gasteiger partial charge in [-0.05, 0) is 37.3 Å². The van der Waals surface area contributed by atoms with Crippen LogP contribution in [0, 0.1) is 5.82 Å². The number of hydrogen-bond donors (Lipinski definition) is 0. The van der Waals surface area contributed by atoms with Crippen LogP contribution < -0.4 is 4.74 Å². The maximum absolute atomic E-state index is 14.8. The summed E-state index contributed by atoms with van der Waals surface area (Å²) in [7, 11) is -0.466. The Morgan fingerprint density at radius 3 is 2.63 bits per heavy atom. The minimum atomic E-state index is -1.72. The standard InChI is InChI=1S/C18H18FNO6S/c1-4-25-18(22)14-12(8-26-20-14)15(21)11-7-10(9-5-6-9)13(19)16(24-2)17(11)27(3)23/h7-9H,4-6H2,1-3H3. The van der Waals surface area contributed by atoms with Gasteiger partial charge < -0.3 is 14.0 Å². The molecule has 9 heteroatoms. The highest BCUT2D eigenvalue weighted by atomic mass is 32.2. The molecule has 0 bridgehead atoms. The van der Waals surface area contributed by atoms with Crippen molar-refractivity contribution < 1.29 is 32.2 Å². The molecule has 0 amide bonds. The molecule has 27 heavy (non-hydrogen) atoms. The Hall–Kier alpha value is -2.55. The summed E-state index contributed by atoms with van der Waals surface area (Å²) >= 11 is 0. The maximum Gasteiger partial charge on any atom is 0.361 e. The summed E-state index contributed by atoms with van der Waals surface area (Å²) in [5.74, 6) is -2.33. The highest BCUT2D eigenvalue weighted by Crippen LogP contribution is 2.45.